The predicted molar refractivity (Wildman–Crippen MR) is 79.9 cm³/mol. The van der Waals surface area contributed by atoms with E-state index in [4.69, 9.17) is 9.47 Å². The van der Waals surface area contributed by atoms with Gasteiger partial charge in [-0.05, 0) is 37.5 Å². The van der Waals surface area contributed by atoms with Gasteiger partial charge in [0.2, 0.25) is 0 Å². The van der Waals surface area contributed by atoms with E-state index in [2.05, 4.69) is 5.32 Å². The van der Waals surface area contributed by atoms with Crippen LogP contribution >= 0.6 is 0 Å². The predicted octanol–water partition coefficient (Wildman–Crippen LogP) is 2.25. The Morgan fingerprint density at radius 3 is 2.90 bits per heavy atom. The summed E-state index contributed by atoms with van der Waals surface area (Å²) in [7, 11) is 1.47. The van der Waals surface area contributed by atoms with Crippen LogP contribution in [0.5, 0.6) is 11.5 Å². The van der Waals surface area contributed by atoms with Gasteiger partial charge in [-0.3, -0.25) is 4.79 Å². The van der Waals surface area contributed by atoms with Gasteiger partial charge in [-0.1, -0.05) is 6.92 Å². The van der Waals surface area contributed by atoms with E-state index in [1.807, 2.05) is 13.8 Å². The lowest BCUT2D eigenvalue weighted by atomic mass is 9.96. The Kier molecular flexibility index (Phi) is 5.07. The molecule has 2 rings (SSSR count). The van der Waals surface area contributed by atoms with Crippen molar-refractivity contribution >= 4 is 5.91 Å². The average Bonchev–Trinajstić information content (AvgIpc) is 3.00. The van der Waals surface area contributed by atoms with Crippen LogP contribution in [0.15, 0.2) is 12.1 Å². The monoisotopic (exact) mass is 293 g/mol. The third kappa shape index (κ3) is 3.47. The number of hydrogen-bond donors (Lipinski definition) is 2. The summed E-state index contributed by atoms with van der Waals surface area (Å²) in [4.78, 5) is 12.4. The number of amides is 1. The second-order valence-electron chi connectivity index (χ2n) is 5.48. The molecule has 1 saturated heterocycles. The Bertz CT molecular complexity index is 509. The molecule has 1 aromatic rings. The van der Waals surface area contributed by atoms with Gasteiger partial charge in [0.1, 0.15) is 0 Å². The van der Waals surface area contributed by atoms with Crippen molar-refractivity contribution in [1.82, 2.24) is 5.32 Å². The maximum atomic E-state index is 12.4. The van der Waals surface area contributed by atoms with Crippen LogP contribution in [0, 0.1) is 12.8 Å². The maximum absolute atomic E-state index is 12.4. The molecule has 0 spiro atoms. The molecule has 1 aromatic carbocycles. The molecule has 0 bridgehead atoms. The smallest absolute Gasteiger partial charge is 0.255 e. The summed E-state index contributed by atoms with van der Waals surface area (Å²) in [5.74, 6) is 0.275. The molecular formula is C16H23NO4. The number of benzene rings is 1. The number of carbonyl (C=O) groups excluding carboxylic acids is 1. The van der Waals surface area contributed by atoms with Crippen LogP contribution in [0.3, 0.4) is 0 Å². The number of nitrogens with one attached hydrogen (secondary N) is 1. The van der Waals surface area contributed by atoms with Gasteiger partial charge in [0.05, 0.1) is 19.3 Å². The highest BCUT2D eigenvalue weighted by molar-refractivity contribution is 5.98. The number of phenolic OH excluding ortho intramolecular Hbond substituents is 1. The van der Waals surface area contributed by atoms with E-state index in [0.717, 1.165) is 25.0 Å². The molecule has 1 aliphatic rings. The summed E-state index contributed by atoms with van der Waals surface area (Å²) < 4.78 is 10.5. The van der Waals surface area contributed by atoms with E-state index < -0.39 is 0 Å². The van der Waals surface area contributed by atoms with E-state index >= 15 is 0 Å². The minimum atomic E-state index is -0.270. The number of aromatic hydroxyl groups is 1. The summed E-state index contributed by atoms with van der Waals surface area (Å²) in [5.41, 5.74) is 1.12. The van der Waals surface area contributed by atoms with Gasteiger partial charge in [-0.15, -0.1) is 0 Å². The lowest BCUT2D eigenvalue weighted by Crippen LogP contribution is -2.40. The molecule has 5 nitrogen and oxygen atoms in total. The molecule has 5 heteroatoms. The quantitative estimate of drug-likeness (QED) is 0.874. The first-order valence-corrected chi connectivity index (χ1v) is 7.33. The maximum Gasteiger partial charge on any atom is 0.255 e. The van der Waals surface area contributed by atoms with Gasteiger partial charge in [-0.2, -0.15) is 0 Å². The molecular weight excluding hydrogens is 270 g/mol. The summed E-state index contributed by atoms with van der Waals surface area (Å²) in [5, 5.41) is 13.1. The fraction of sp³-hybridized carbons (Fsp3) is 0.562. The number of phenols is 1. The van der Waals surface area contributed by atoms with Crippen molar-refractivity contribution in [2.45, 2.75) is 32.7 Å². The van der Waals surface area contributed by atoms with Gasteiger partial charge in [0.25, 0.3) is 5.91 Å². The van der Waals surface area contributed by atoms with Gasteiger partial charge >= 0.3 is 0 Å². The van der Waals surface area contributed by atoms with Crippen LogP contribution in [0.1, 0.15) is 35.7 Å². The van der Waals surface area contributed by atoms with Crippen molar-refractivity contribution in [2.75, 3.05) is 20.3 Å². The van der Waals surface area contributed by atoms with Crippen LogP contribution in [-0.2, 0) is 4.74 Å². The van der Waals surface area contributed by atoms with E-state index in [-0.39, 0.29) is 23.3 Å². The van der Waals surface area contributed by atoms with E-state index in [0.29, 0.717) is 18.3 Å². The van der Waals surface area contributed by atoms with Crippen molar-refractivity contribution in [2.24, 2.45) is 5.92 Å². The molecule has 0 radical (unpaired) electrons. The molecule has 2 N–H and O–H groups in total. The zero-order valence-electron chi connectivity index (χ0n) is 12.8. The summed E-state index contributed by atoms with van der Waals surface area (Å²) in [6.45, 7) is 5.34. The van der Waals surface area contributed by atoms with Crippen LogP contribution in [0.4, 0.5) is 0 Å². The Morgan fingerprint density at radius 1 is 1.57 bits per heavy atom. The number of aryl methyl sites for hydroxylation is 1. The molecule has 116 valence electrons. The molecule has 1 heterocycles. The number of carbonyl (C=O) groups is 1. The molecule has 1 fully saturated rings. The average molecular weight is 293 g/mol. The number of hydrogen-bond acceptors (Lipinski definition) is 4. The van der Waals surface area contributed by atoms with Gasteiger partial charge in [0.15, 0.2) is 11.5 Å². The van der Waals surface area contributed by atoms with Crippen LogP contribution in [-0.4, -0.2) is 37.4 Å². The van der Waals surface area contributed by atoms with Gasteiger partial charge < -0.3 is 19.9 Å². The number of ether oxygens (including phenoxy) is 2. The largest absolute Gasteiger partial charge is 0.504 e. The highest BCUT2D eigenvalue weighted by Crippen LogP contribution is 2.31. The standard InChI is InChI=1S/C16H23NO4/c1-4-13(11-5-6-21-9-11)17-16(19)12-7-10(2)8-14(20-3)15(12)18/h7-8,11,13,18H,4-6,9H2,1-3H3,(H,17,19). The normalized spacial score (nSPS) is 19.3. The molecule has 0 aromatic heterocycles. The molecule has 2 unspecified atom stereocenters. The van der Waals surface area contributed by atoms with Crippen LogP contribution < -0.4 is 10.1 Å². The molecule has 0 aliphatic carbocycles. The Balaban J connectivity index is 2.17. The van der Waals surface area contributed by atoms with E-state index in [1.165, 1.54) is 7.11 Å². The molecule has 2 atom stereocenters. The summed E-state index contributed by atoms with van der Waals surface area (Å²) in [6.07, 6.45) is 1.80. The van der Waals surface area contributed by atoms with E-state index in [1.54, 1.807) is 12.1 Å². The van der Waals surface area contributed by atoms with Gasteiger partial charge in [-0.25, -0.2) is 0 Å². The minimum Gasteiger partial charge on any atom is -0.504 e. The molecule has 21 heavy (non-hydrogen) atoms. The first-order chi connectivity index (χ1) is 10.1. The van der Waals surface area contributed by atoms with Crippen molar-refractivity contribution in [3.63, 3.8) is 0 Å². The topological polar surface area (TPSA) is 67.8 Å². The molecule has 1 aliphatic heterocycles. The number of methoxy groups -OCH3 is 1. The SMILES string of the molecule is CCC(NC(=O)c1cc(C)cc(OC)c1O)C1CCOC1. The first-order valence-electron chi connectivity index (χ1n) is 7.33. The highest BCUT2D eigenvalue weighted by atomic mass is 16.5. The zero-order chi connectivity index (χ0) is 15.4. The Hall–Kier alpha value is -1.75. The van der Waals surface area contributed by atoms with Crippen molar-refractivity contribution < 1.29 is 19.4 Å². The van der Waals surface area contributed by atoms with Crippen molar-refractivity contribution in [3.05, 3.63) is 23.3 Å². The third-order valence-electron chi connectivity index (χ3n) is 3.97. The number of rotatable bonds is 5. The third-order valence-corrected chi connectivity index (χ3v) is 3.97. The van der Waals surface area contributed by atoms with Crippen LogP contribution in [0.2, 0.25) is 0 Å². The summed E-state index contributed by atoms with van der Waals surface area (Å²) in [6, 6.07) is 3.44. The lowest BCUT2D eigenvalue weighted by molar-refractivity contribution is 0.0911. The zero-order valence-corrected chi connectivity index (χ0v) is 12.8. The molecule has 0 saturated carbocycles. The first kappa shape index (κ1) is 15.6. The van der Waals surface area contributed by atoms with E-state index in [9.17, 15) is 9.90 Å². The van der Waals surface area contributed by atoms with Gasteiger partial charge in [0, 0.05) is 18.6 Å². The molecule has 1 amide bonds. The summed E-state index contributed by atoms with van der Waals surface area (Å²) >= 11 is 0. The lowest BCUT2D eigenvalue weighted by Gasteiger charge is -2.22. The highest BCUT2D eigenvalue weighted by Gasteiger charge is 2.27. The Morgan fingerprint density at radius 2 is 2.33 bits per heavy atom. The Labute approximate surface area is 125 Å². The fourth-order valence-electron chi connectivity index (χ4n) is 2.74. The van der Waals surface area contributed by atoms with Crippen LogP contribution in [0.25, 0.3) is 0 Å². The fourth-order valence-corrected chi connectivity index (χ4v) is 2.74. The second kappa shape index (κ2) is 6.80. The minimum absolute atomic E-state index is 0.0610. The van der Waals surface area contributed by atoms with Crippen molar-refractivity contribution in [1.29, 1.82) is 0 Å². The second-order valence-corrected chi connectivity index (χ2v) is 5.48. The van der Waals surface area contributed by atoms with Crippen molar-refractivity contribution in [3.8, 4) is 11.5 Å².